The van der Waals surface area contributed by atoms with Crippen molar-refractivity contribution >= 4 is 34.8 Å². The summed E-state index contributed by atoms with van der Waals surface area (Å²) < 4.78 is 0. The molecule has 3 N–H and O–H groups in total. The van der Waals surface area contributed by atoms with Crippen molar-refractivity contribution < 1.29 is 14.4 Å². The van der Waals surface area contributed by atoms with Gasteiger partial charge in [-0.2, -0.15) is 0 Å². The molecule has 0 saturated heterocycles. The first kappa shape index (κ1) is 23.9. The summed E-state index contributed by atoms with van der Waals surface area (Å²) >= 11 is 0. The summed E-state index contributed by atoms with van der Waals surface area (Å²) in [4.78, 5) is 37.6. The fraction of sp³-hybridized carbons (Fsp3) is 0.375. The van der Waals surface area contributed by atoms with Gasteiger partial charge < -0.3 is 20.9 Å². The Morgan fingerprint density at radius 3 is 2.13 bits per heavy atom. The lowest BCUT2D eigenvalue weighted by Gasteiger charge is -2.18. The normalized spacial score (nSPS) is 10.9. The molecule has 0 atom stereocenters. The molecule has 0 unspecified atom stereocenters. The molecule has 0 aromatic heterocycles. The molecule has 2 rings (SSSR count). The van der Waals surface area contributed by atoms with Gasteiger partial charge >= 0.3 is 0 Å². The molecular weight excluding hydrogens is 392 g/mol. The van der Waals surface area contributed by atoms with Crippen LogP contribution in [-0.4, -0.2) is 43.3 Å². The van der Waals surface area contributed by atoms with Gasteiger partial charge in [-0.05, 0) is 42.3 Å². The second kappa shape index (κ2) is 10.6. The SMILES string of the molecule is CN(C)C(=O)CCc1ccc(NC(=O)CNc2cccc(NC(=O)C(C)(C)C)c2)cc1. The third-order valence-corrected chi connectivity index (χ3v) is 4.62. The standard InChI is InChI=1S/C24H32N4O3/c1-24(2,3)23(31)27-20-8-6-7-19(15-20)25-16-21(29)26-18-12-9-17(10-13-18)11-14-22(30)28(4)5/h6-10,12-13,15,25H,11,14,16H2,1-5H3,(H,26,29)(H,27,31). The van der Waals surface area contributed by atoms with Gasteiger partial charge in [-0.3, -0.25) is 14.4 Å². The van der Waals surface area contributed by atoms with Gasteiger partial charge in [-0.25, -0.2) is 0 Å². The van der Waals surface area contributed by atoms with Crippen molar-refractivity contribution in [2.45, 2.75) is 33.6 Å². The number of anilines is 3. The summed E-state index contributed by atoms with van der Waals surface area (Å²) in [5.41, 5.74) is 2.67. The van der Waals surface area contributed by atoms with Crippen LogP contribution >= 0.6 is 0 Å². The molecule has 0 aliphatic rings. The Hall–Kier alpha value is -3.35. The highest BCUT2D eigenvalue weighted by Gasteiger charge is 2.21. The van der Waals surface area contributed by atoms with Crippen LogP contribution in [0.5, 0.6) is 0 Å². The molecule has 3 amide bonds. The highest BCUT2D eigenvalue weighted by atomic mass is 16.2. The van der Waals surface area contributed by atoms with Crippen LogP contribution in [0.25, 0.3) is 0 Å². The predicted molar refractivity (Wildman–Crippen MR) is 125 cm³/mol. The van der Waals surface area contributed by atoms with Crippen molar-refractivity contribution in [3.05, 3.63) is 54.1 Å². The monoisotopic (exact) mass is 424 g/mol. The highest BCUT2D eigenvalue weighted by Crippen LogP contribution is 2.20. The zero-order valence-corrected chi connectivity index (χ0v) is 18.9. The number of nitrogens with one attached hydrogen (secondary N) is 3. The molecule has 0 fully saturated rings. The third kappa shape index (κ3) is 8.12. The quantitative estimate of drug-likeness (QED) is 0.602. The number of nitrogens with zero attached hydrogens (tertiary/aromatic N) is 1. The average Bonchev–Trinajstić information content (AvgIpc) is 2.71. The average molecular weight is 425 g/mol. The van der Waals surface area contributed by atoms with E-state index in [0.717, 1.165) is 11.3 Å². The number of hydrogen-bond donors (Lipinski definition) is 3. The van der Waals surface area contributed by atoms with Gasteiger partial charge in [-0.1, -0.05) is 39.0 Å². The fourth-order valence-electron chi connectivity index (χ4n) is 2.64. The van der Waals surface area contributed by atoms with Gasteiger partial charge in [-0.15, -0.1) is 0 Å². The molecule has 0 radical (unpaired) electrons. The van der Waals surface area contributed by atoms with Crippen LogP contribution in [0.15, 0.2) is 48.5 Å². The Labute approximate surface area is 184 Å². The summed E-state index contributed by atoms with van der Waals surface area (Å²) in [7, 11) is 3.49. The largest absolute Gasteiger partial charge is 0.376 e. The molecule has 0 saturated carbocycles. The first-order chi connectivity index (χ1) is 14.5. The maximum absolute atomic E-state index is 12.3. The predicted octanol–water partition coefficient (Wildman–Crippen LogP) is 3.74. The second-order valence-corrected chi connectivity index (χ2v) is 8.67. The Morgan fingerprint density at radius 2 is 1.52 bits per heavy atom. The van der Waals surface area contributed by atoms with E-state index in [0.29, 0.717) is 24.2 Å². The Bertz CT molecular complexity index is 915. The lowest BCUT2D eigenvalue weighted by Crippen LogP contribution is -2.27. The third-order valence-electron chi connectivity index (χ3n) is 4.62. The van der Waals surface area contributed by atoms with E-state index < -0.39 is 5.41 Å². The van der Waals surface area contributed by atoms with Crippen molar-refractivity contribution in [3.8, 4) is 0 Å². The van der Waals surface area contributed by atoms with Crippen molar-refractivity contribution in [2.75, 3.05) is 36.6 Å². The second-order valence-electron chi connectivity index (χ2n) is 8.67. The van der Waals surface area contributed by atoms with Crippen molar-refractivity contribution in [3.63, 3.8) is 0 Å². The molecule has 166 valence electrons. The van der Waals surface area contributed by atoms with E-state index in [4.69, 9.17) is 0 Å². The maximum atomic E-state index is 12.3. The van der Waals surface area contributed by atoms with Crippen molar-refractivity contribution in [1.29, 1.82) is 0 Å². The molecule has 0 bridgehead atoms. The van der Waals surface area contributed by atoms with Gasteiger partial charge in [0.05, 0.1) is 6.54 Å². The maximum Gasteiger partial charge on any atom is 0.243 e. The minimum Gasteiger partial charge on any atom is -0.376 e. The fourth-order valence-corrected chi connectivity index (χ4v) is 2.64. The van der Waals surface area contributed by atoms with E-state index in [-0.39, 0.29) is 24.3 Å². The number of carbonyl (C=O) groups is 3. The van der Waals surface area contributed by atoms with E-state index in [1.165, 1.54) is 0 Å². The van der Waals surface area contributed by atoms with E-state index in [1.807, 2.05) is 63.2 Å². The Morgan fingerprint density at radius 1 is 0.871 bits per heavy atom. The first-order valence-electron chi connectivity index (χ1n) is 10.3. The van der Waals surface area contributed by atoms with Crippen LogP contribution in [0.4, 0.5) is 17.1 Å². The number of rotatable bonds is 8. The van der Waals surface area contributed by atoms with E-state index in [1.54, 1.807) is 25.1 Å². The Kier molecular flexibility index (Phi) is 8.19. The number of carbonyl (C=O) groups excluding carboxylic acids is 3. The molecule has 7 heteroatoms. The van der Waals surface area contributed by atoms with Crippen LogP contribution in [0.1, 0.15) is 32.8 Å². The summed E-state index contributed by atoms with van der Waals surface area (Å²) in [6.45, 7) is 5.65. The Balaban J connectivity index is 1.83. The van der Waals surface area contributed by atoms with E-state index >= 15 is 0 Å². The molecular formula is C24H32N4O3. The number of aryl methyl sites for hydroxylation is 1. The van der Waals surface area contributed by atoms with Crippen molar-refractivity contribution in [1.82, 2.24) is 4.90 Å². The lowest BCUT2D eigenvalue weighted by atomic mass is 9.95. The van der Waals surface area contributed by atoms with Gasteiger partial charge in [0, 0.05) is 43.0 Å². The van der Waals surface area contributed by atoms with Crippen LogP contribution in [-0.2, 0) is 20.8 Å². The van der Waals surface area contributed by atoms with Crippen LogP contribution in [0.3, 0.4) is 0 Å². The lowest BCUT2D eigenvalue weighted by molar-refractivity contribution is -0.128. The zero-order valence-electron chi connectivity index (χ0n) is 18.9. The zero-order chi connectivity index (χ0) is 23.0. The molecule has 0 spiro atoms. The van der Waals surface area contributed by atoms with E-state index in [2.05, 4.69) is 16.0 Å². The van der Waals surface area contributed by atoms with Crippen molar-refractivity contribution in [2.24, 2.45) is 5.41 Å². The molecule has 7 nitrogen and oxygen atoms in total. The number of hydrogen-bond acceptors (Lipinski definition) is 4. The molecule has 31 heavy (non-hydrogen) atoms. The molecule has 0 aliphatic heterocycles. The molecule has 2 aromatic carbocycles. The minimum absolute atomic E-state index is 0.0723. The van der Waals surface area contributed by atoms with Crippen LogP contribution < -0.4 is 16.0 Å². The smallest absolute Gasteiger partial charge is 0.243 e. The molecule has 0 aliphatic carbocycles. The van der Waals surface area contributed by atoms with E-state index in [9.17, 15) is 14.4 Å². The minimum atomic E-state index is -0.485. The summed E-state index contributed by atoms with van der Waals surface area (Å²) in [6.07, 6.45) is 1.12. The summed E-state index contributed by atoms with van der Waals surface area (Å²) in [5.74, 6) is -0.165. The van der Waals surface area contributed by atoms with Gasteiger partial charge in [0.1, 0.15) is 0 Å². The van der Waals surface area contributed by atoms with Crippen LogP contribution in [0, 0.1) is 5.41 Å². The number of benzene rings is 2. The van der Waals surface area contributed by atoms with Gasteiger partial charge in [0.15, 0.2) is 0 Å². The summed E-state index contributed by atoms with van der Waals surface area (Å²) in [5, 5.41) is 8.78. The van der Waals surface area contributed by atoms with Gasteiger partial charge in [0.25, 0.3) is 0 Å². The first-order valence-corrected chi connectivity index (χ1v) is 10.3. The highest BCUT2D eigenvalue weighted by molar-refractivity contribution is 5.95. The van der Waals surface area contributed by atoms with Crippen LogP contribution in [0.2, 0.25) is 0 Å². The molecule has 0 heterocycles. The molecule has 2 aromatic rings. The van der Waals surface area contributed by atoms with Gasteiger partial charge in [0.2, 0.25) is 17.7 Å². The topological polar surface area (TPSA) is 90.5 Å². The number of amides is 3. The summed E-state index contributed by atoms with van der Waals surface area (Å²) in [6, 6.07) is 14.7.